The predicted octanol–water partition coefficient (Wildman–Crippen LogP) is 4.41. The molecule has 0 saturated carbocycles. The molecule has 0 unspecified atom stereocenters. The largest absolute Gasteiger partial charge is 0.335 e. The van der Waals surface area contributed by atoms with Gasteiger partial charge in [-0.05, 0) is 61.9 Å². The van der Waals surface area contributed by atoms with Crippen molar-refractivity contribution in [1.82, 2.24) is 9.88 Å². The fourth-order valence-electron chi connectivity index (χ4n) is 3.31. The summed E-state index contributed by atoms with van der Waals surface area (Å²) in [4.78, 5) is 39.0. The van der Waals surface area contributed by atoms with Gasteiger partial charge in [0.05, 0.1) is 5.69 Å². The first-order valence-corrected chi connectivity index (χ1v) is 9.65. The number of halogens is 1. The first-order chi connectivity index (χ1) is 14.4. The standard InChI is InChI=1S/C23H18ClN3O3/c1-14-8-10-16(11-9-14)26-12-4-5-17(26)13-18-21(28)25-23(30)27(22(18)29)20-7-3-6-19(24)15(20)2/h3-13H,1-2H3,(H,25,28,30). The van der Waals surface area contributed by atoms with Gasteiger partial charge in [-0.1, -0.05) is 35.4 Å². The molecule has 0 atom stereocenters. The molecule has 30 heavy (non-hydrogen) atoms. The van der Waals surface area contributed by atoms with Crippen LogP contribution in [0.2, 0.25) is 5.02 Å². The Hall–Kier alpha value is -3.64. The minimum atomic E-state index is -0.804. The molecule has 3 aromatic rings. The van der Waals surface area contributed by atoms with Crippen LogP contribution < -0.4 is 10.2 Å². The summed E-state index contributed by atoms with van der Waals surface area (Å²) >= 11 is 6.15. The number of carbonyl (C=O) groups excluding carboxylic acids is 3. The van der Waals surface area contributed by atoms with Crippen molar-refractivity contribution in [2.75, 3.05) is 4.90 Å². The number of amides is 4. The molecule has 1 aromatic heterocycles. The summed E-state index contributed by atoms with van der Waals surface area (Å²) in [5.74, 6) is -1.44. The second kappa shape index (κ2) is 7.65. The highest BCUT2D eigenvalue weighted by atomic mass is 35.5. The van der Waals surface area contributed by atoms with Crippen LogP contribution in [0.15, 0.2) is 66.4 Å². The zero-order valence-electron chi connectivity index (χ0n) is 16.3. The summed E-state index contributed by atoms with van der Waals surface area (Å²) in [6.07, 6.45) is 3.32. The van der Waals surface area contributed by atoms with E-state index in [2.05, 4.69) is 5.32 Å². The predicted molar refractivity (Wildman–Crippen MR) is 116 cm³/mol. The van der Waals surface area contributed by atoms with Gasteiger partial charge >= 0.3 is 6.03 Å². The molecule has 0 bridgehead atoms. The highest BCUT2D eigenvalue weighted by molar-refractivity contribution is 6.39. The van der Waals surface area contributed by atoms with E-state index in [1.54, 1.807) is 31.2 Å². The van der Waals surface area contributed by atoms with Crippen molar-refractivity contribution in [3.8, 4) is 5.69 Å². The average Bonchev–Trinajstić information content (AvgIpc) is 3.17. The molecule has 1 saturated heterocycles. The van der Waals surface area contributed by atoms with E-state index in [0.29, 0.717) is 22.0 Å². The summed E-state index contributed by atoms with van der Waals surface area (Å²) in [5.41, 5.74) is 3.41. The quantitative estimate of drug-likeness (QED) is 0.504. The van der Waals surface area contributed by atoms with Gasteiger partial charge in [0.2, 0.25) is 0 Å². The number of nitrogens with zero attached hydrogens (tertiary/aromatic N) is 2. The van der Waals surface area contributed by atoms with Crippen molar-refractivity contribution in [2.24, 2.45) is 0 Å². The SMILES string of the molecule is Cc1ccc(-n2cccc2C=C2C(=O)NC(=O)N(c3cccc(Cl)c3C)C2=O)cc1. The van der Waals surface area contributed by atoms with Crippen LogP contribution in [0.5, 0.6) is 0 Å². The van der Waals surface area contributed by atoms with Gasteiger partial charge in [0.1, 0.15) is 5.57 Å². The molecule has 1 aliphatic heterocycles. The Bertz CT molecular complexity index is 1210. The van der Waals surface area contributed by atoms with Crippen LogP contribution in [-0.2, 0) is 9.59 Å². The number of anilines is 1. The lowest BCUT2D eigenvalue weighted by Crippen LogP contribution is -2.54. The first kappa shape index (κ1) is 19.7. The molecule has 2 aromatic carbocycles. The van der Waals surface area contributed by atoms with Crippen LogP contribution in [0.4, 0.5) is 10.5 Å². The number of urea groups is 1. The Morgan fingerprint density at radius 1 is 0.933 bits per heavy atom. The normalized spacial score (nSPS) is 15.6. The van der Waals surface area contributed by atoms with E-state index >= 15 is 0 Å². The highest BCUT2D eigenvalue weighted by Gasteiger charge is 2.37. The van der Waals surface area contributed by atoms with Crippen LogP contribution in [0, 0.1) is 13.8 Å². The van der Waals surface area contributed by atoms with Gasteiger partial charge in [-0.3, -0.25) is 14.9 Å². The summed E-state index contributed by atoms with van der Waals surface area (Å²) in [6.45, 7) is 3.71. The van der Waals surface area contributed by atoms with Crippen LogP contribution >= 0.6 is 11.6 Å². The fraction of sp³-hybridized carbons (Fsp3) is 0.0870. The molecular formula is C23H18ClN3O3. The first-order valence-electron chi connectivity index (χ1n) is 9.28. The van der Waals surface area contributed by atoms with Gasteiger partial charge < -0.3 is 4.57 Å². The van der Waals surface area contributed by atoms with Crippen molar-refractivity contribution in [1.29, 1.82) is 0 Å². The maximum Gasteiger partial charge on any atom is 0.335 e. The molecule has 6 nitrogen and oxygen atoms in total. The number of hydrogen-bond acceptors (Lipinski definition) is 3. The van der Waals surface area contributed by atoms with Crippen LogP contribution in [0.25, 0.3) is 11.8 Å². The third kappa shape index (κ3) is 3.42. The van der Waals surface area contributed by atoms with Crippen molar-refractivity contribution < 1.29 is 14.4 Å². The number of barbiturate groups is 1. The third-order valence-electron chi connectivity index (χ3n) is 4.97. The van der Waals surface area contributed by atoms with Crippen molar-refractivity contribution in [2.45, 2.75) is 13.8 Å². The highest BCUT2D eigenvalue weighted by Crippen LogP contribution is 2.29. The Morgan fingerprint density at radius 3 is 2.40 bits per heavy atom. The molecular weight excluding hydrogens is 402 g/mol. The molecule has 0 spiro atoms. The molecule has 0 aliphatic carbocycles. The Balaban J connectivity index is 1.77. The number of aryl methyl sites for hydroxylation is 1. The third-order valence-corrected chi connectivity index (χ3v) is 5.38. The van der Waals surface area contributed by atoms with Gasteiger partial charge in [0.25, 0.3) is 11.8 Å². The summed E-state index contributed by atoms with van der Waals surface area (Å²) in [6, 6.07) is 15.6. The fourth-order valence-corrected chi connectivity index (χ4v) is 3.48. The van der Waals surface area contributed by atoms with E-state index in [0.717, 1.165) is 16.2 Å². The lowest BCUT2D eigenvalue weighted by atomic mass is 10.1. The Morgan fingerprint density at radius 2 is 1.67 bits per heavy atom. The van der Waals surface area contributed by atoms with Crippen LogP contribution in [0.3, 0.4) is 0 Å². The zero-order chi connectivity index (χ0) is 21.4. The summed E-state index contributed by atoms with van der Waals surface area (Å²) < 4.78 is 1.86. The van der Waals surface area contributed by atoms with Gasteiger partial charge in [0.15, 0.2) is 0 Å². The van der Waals surface area contributed by atoms with Crippen molar-refractivity contribution in [3.63, 3.8) is 0 Å². The number of rotatable bonds is 3. The summed E-state index contributed by atoms with van der Waals surface area (Å²) in [7, 11) is 0. The molecule has 150 valence electrons. The zero-order valence-corrected chi connectivity index (χ0v) is 17.1. The van der Waals surface area contributed by atoms with Crippen molar-refractivity contribution >= 4 is 41.2 Å². The second-order valence-corrected chi connectivity index (χ2v) is 7.39. The molecule has 1 fully saturated rings. The van der Waals surface area contributed by atoms with Gasteiger partial charge in [-0.25, -0.2) is 9.69 Å². The minimum Gasteiger partial charge on any atom is -0.317 e. The molecule has 4 rings (SSSR count). The molecule has 7 heteroatoms. The topological polar surface area (TPSA) is 71.4 Å². The lowest BCUT2D eigenvalue weighted by Gasteiger charge is -2.27. The van der Waals surface area contributed by atoms with E-state index < -0.39 is 17.8 Å². The molecule has 1 N–H and O–H groups in total. The van der Waals surface area contributed by atoms with Crippen molar-refractivity contribution in [3.05, 3.63) is 88.2 Å². The number of aromatic nitrogens is 1. The molecule has 1 aliphatic rings. The number of benzene rings is 2. The van der Waals surface area contributed by atoms with E-state index in [-0.39, 0.29) is 5.57 Å². The monoisotopic (exact) mass is 419 g/mol. The van der Waals surface area contributed by atoms with E-state index in [9.17, 15) is 14.4 Å². The van der Waals surface area contributed by atoms with E-state index in [4.69, 9.17) is 11.6 Å². The number of hydrogen-bond donors (Lipinski definition) is 1. The summed E-state index contributed by atoms with van der Waals surface area (Å²) in [5, 5.41) is 2.66. The Kier molecular flexibility index (Phi) is 5.01. The number of imide groups is 2. The average molecular weight is 420 g/mol. The molecule has 2 heterocycles. The van der Waals surface area contributed by atoms with E-state index in [1.165, 1.54) is 6.08 Å². The number of nitrogens with one attached hydrogen (secondary N) is 1. The maximum atomic E-state index is 13.2. The Labute approximate surface area is 178 Å². The van der Waals surface area contributed by atoms with Gasteiger partial charge in [0, 0.05) is 22.6 Å². The van der Waals surface area contributed by atoms with Gasteiger partial charge in [-0.15, -0.1) is 0 Å². The smallest absolute Gasteiger partial charge is 0.317 e. The maximum absolute atomic E-state index is 13.2. The minimum absolute atomic E-state index is 0.138. The molecule has 4 amide bonds. The second-order valence-electron chi connectivity index (χ2n) is 6.98. The van der Waals surface area contributed by atoms with Crippen LogP contribution in [-0.4, -0.2) is 22.4 Å². The van der Waals surface area contributed by atoms with Gasteiger partial charge in [-0.2, -0.15) is 0 Å². The lowest BCUT2D eigenvalue weighted by molar-refractivity contribution is -0.122. The number of carbonyl (C=O) groups is 3. The van der Waals surface area contributed by atoms with E-state index in [1.807, 2.05) is 48.0 Å². The molecule has 0 radical (unpaired) electrons. The van der Waals surface area contributed by atoms with Crippen LogP contribution in [0.1, 0.15) is 16.8 Å².